The number of hydrogen-bond donors (Lipinski definition) is 2. The van der Waals surface area contributed by atoms with Gasteiger partial charge in [-0.2, -0.15) is 0 Å². The van der Waals surface area contributed by atoms with Crippen LogP contribution in [-0.2, 0) is 9.31 Å². The highest BCUT2D eigenvalue weighted by atomic mass is 16.7. The standard InChI is InChI=1S/C7H15BO2.CH5BO2.CH4/c1-6(2)7(3,4)10-8(5)9-6;1-2(3)4;/h1-5H3;3-4H,1H3;1H4. The summed E-state index contributed by atoms with van der Waals surface area (Å²) in [6.45, 7) is 11.4. The van der Waals surface area contributed by atoms with Crippen molar-refractivity contribution in [2.24, 2.45) is 0 Å². The molecule has 0 aromatic carbocycles. The molecule has 1 saturated heterocycles. The first-order valence-corrected chi connectivity index (χ1v) is 4.80. The van der Waals surface area contributed by atoms with Crippen LogP contribution in [0.25, 0.3) is 0 Å². The normalized spacial score (nSPS) is 21.2. The molecule has 1 heterocycles. The zero-order valence-corrected chi connectivity index (χ0v) is 9.87. The number of hydrogen-bond acceptors (Lipinski definition) is 4. The van der Waals surface area contributed by atoms with E-state index in [-0.39, 0.29) is 25.7 Å². The van der Waals surface area contributed by atoms with Crippen molar-refractivity contribution in [2.75, 3.05) is 0 Å². The first-order valence-electron chi connectivity index (χ1n) is 4.80. The highest BCUT2D eigenvalue weighted by Crippen LogP contribution is 2.36. The van der Waals surface area contributed by atoms with Gasteiger partial charge >= 0.3 is 14.2 Å². The fraction of sp³-hybridized carbons (Fsp3) is 1.00. The van der Waals surface area contributed by atoms with Gasteiger partial charge in [-0.1, -0.05) is 7.43 Å². The van der Waals surface area contributed by atoms with E-state index in [4.69, 9.17) is 19.4 Å². The van der Waals surface area contributed by atoms with E-state index >= 15 is 0 Å². The molecule has 0 amide bonds. The van der Waals surface area contributed by atoms with Gasteiger partial charge in [0.15, 0.2) is 0 Å². The van der Waals surface area contributed by atoms with Crippen LogP contribution < -0.4 is 0 Å². The SMILES string of the molecule is C.CB(O)O.CB1OC(C)(C)C(C)(C)O1. The second-order valence-corrected chi connectivity index (χ2v) is 4.46. The fourth-order valence-corrected chi connectivity index (χ4v) is 1.14. The lowest BCUT2D eigenvalue weighted by atomic mass is 9.90. The van der Waals surface area contributed by atoms with Crippen molar-refractivity contribution in [3.63, 3.8) is 0 Å². The lowest BCUT2D eigenvalue weighted by molar-refractivity contribution is 0.00578. The zero-order chi connectivity index (χ0) is 11.6. The fourth-order valence-electron chi connectivity index (χ4n) is 1.14. The van der Waals surface area contributed by atoms with E-state index in [1.807, 2.05) is 6.82 Å². The summed E-state index contributed by atoms with van der Waals surface area (Å²) in [5.41, 5.74) is -0.321. The number of rotatable bonds is 0. The van der Waals surface area contributed by atoms with Gasteiger partial charge in [-0.15, -0.1) is 0 Å². The molecule has 0 aromatic heterocycles. The molecule has 1 aliphatic rings. The van der Waals surface area contributed by atoms with E-state index in [0.29, 0.717) is 0 Å². The molecule has 0 bridgehead atoms. The average molecular weight is 218 g/mol. The predicted molar refractivity (Wildman–Crippen MR) is 64.7 cm³/mol. The minimum atomic E-state index is -1.17. The molecule has 90 valence electrons. The predicted octanol–water partition coefficient (Wildman–Crippen LogP) is 1.43. The third-order valence-corrected chi connectivity index (χ3v) is 2.37. The Hall–Kier alpha value is -0.0301. The summed E-state index contributed by atoms with van der Waals surface area (Å²) in [6.07, 6.45) is 0. The summed E-state index contributed by atoms with van der Waals surface area (Å²) in [4.78, 5) is 0. The molecule has 0 aromatic rings. The summed E-state index contributed by atoms with van der Waals surface area (Å²) < 4.78 is 11.1. The van der Waals surface area contributed by atoms with Crippen LogP contribution >= 0.6 is 0 Å². The van der Waals surface area contributed by atoms with E-state index < -0.39 is 7.12 Å². The van der Waals surface area contributed by atoms with Crippen molar-refractivity contribution >= 4 is 14.2 Å². The first kappa shape index (κ1) is 17.4. The smallest absolute Gasteiger partial charge is 0.427 e. The van der Waals surface area contributed by atoms with E-state index in [0.717, 1.165) is 0 Å². The minimum Gasteiger partial charge on any atom is -0.427 e. The molecule has 0 atom stereocenters. The van der Waals surface area contributed by atoms with E-state index in [1.54, 1.807) is 0 Å². The maximum absolute atomic E-state index is 7.61. The van der Waals surface area contributed by atoms with Crippen LogP contribution in [0.5, 0.6) is 0 Å². The van der Waals surface area contributed by atoms with Gasteiger partial charge in [-0.3, -0.25) is 0 Å². The third-order valence-electron chi connectivity index (χ3n) is 2.37. The Kier molecular flexibility index (Phi) is 6.82. The van der Waals surface area contributed by atoms with E-state index in [9.17, 15) is 0 Å². The molecule has 0 saturated carbocycles. The topological polar surface area (TPSA) is 58.9 Å². The van der Waals surface area contributed by atoms with Gasteiger partial charge in [0, 0.05) is 0 Å². The Morgan fingerprint density at radius 1 is 1.00 bits per heavy atom. The van der Waals surface area contributed by atoms with Gasteiger partial charge in [0.05, 0.1) is 11.2 Å². The Morgan fingerprint density at radius 3 is 1.27 bits per heavy atom. The largest absolute Gasteiger partial charge is 0.454 e. The molecule has 0 spiro atoms. The lowest BCUT2D eigenvalue weighted by Crippen LogP contribution is -2.41. The van der Waals surface area contributed by atoms with Crippen LogP contribution in [0, 0.1) is 0 Å². The minimum absolute atomic E-state index is 0. The summed E-state index contributed by atoms with van der Waals surface area (Å²) in [6, 6.07) is 0. The summed E-state index contributed by atoms with van der Waals surface area (Å²) in [5, 5.41) is 15.2. The van der Waals surface area contributed by atoms with Gasteiger partial charge < -0.3 is 19.4 Å². The second-order valence-electron chi connectivity index (χ2n) is 4.46. The molecule has 1 rings (SSSR count). The quantitative estimate of drug-likeness (QED) is 0.603. The summed E-state index contributed by atoms with van der Waals surface area (Å²) in [5.74, 6) is 0. The third kappa shape index (κ3) is 5.56. The molecule has 6 heteroatoms. The van der Waals surface area contributed by atoms with Crippen molar-refractivity contribution in [3.05, 3.63) is 0 Å². The highest BCUT2D eigenvalue weighted by Gasteiger charge is 2.48. The molecule has 0 radical (unpaired) electrons. The van der Waals surface area contributed by atoms with Gasteiger partial charge in [-0.05, 0) is 41.3 Å². The molecule has 1 fully saturated rings. The average Bonchev–Trinajstić information content (AvgIpc) is 1.96. The Balaban J connectivity index is 0. The maximum Gasteiger partial charge on any atom is 0.454 e. The van der Waals surface area contributed by atoms with Crippen molar-refractivity contribution in [2.45, 2.75) is 60.0 Å². The van der Waals surface area contributed by atoms with Crippen LogP contribution in [0.1, 0.15) is 35.1 Å². The van der Waals surface area contributed by atoms with Crippen molar-refractivity contribution in [1.29, 1.82) is 0 Å². The van der Waals surface area contributed by atoms with Crippen LogP contribution in [0.15, 0.2) is 0 Å². The van der Waals surface area contributed by atoms with Crippen molar-refractivity contribution < 1.29 is 19.4 Å². The molecular weight excluding hydrogens is 194 g/mol. The zero-order valence-electron chi connectivity index (χ0n) is 9.87. The molecule has 2 N–H and O–H groups in total. The van der Waals surface area contributed by atoms with E-state index in [1.165, 1.54) is 6.82 Å². The summed E-state index contributed by atoms with van der Waals surface area (Å²) in [7, 11) is -1.23. The Labute approximate surface area is 94.3 Å². The molecular formula is C9H24B2O4. The van der Waals surface area contributed by atoms with Crippen LogP contribution in [0.4, 0.5) is 0 Å². The van der Waals surface area contributed by atoms with Crippen molar-refractivity contribution in [1.82, 2.24) is 0 Å². The van der Waals surface area contributed by atoms with Gasteiger partial charge in [0.2, 0.25) is 0 Å². The first-order chi connectivity index (χ1) is 6.08. The van der Waals surface area contributed by atoms with E-state index in [2.05, 4.69) is 27.7 Å². The van der Waals surface area contributed by atoms with Crippen LogP contribution in [-0.4, -0.2) is 35.5 Å². The lowest BCUT2D eigenvalue weighted by Gasteiger charge is -2.32. The maximum atomic E-state index is 7.61. The van der Waals surface area contributed by atoms with Gasteiger partial charge in [0.25, 0.3) is 0 Å². The molecule has 0 unspecified atom stereocenters. The molecule has 0 aliphatic carbocycles. The van der Waals surface area contributed by atoms with Crippen molar-refractivity contribution in [3.8, 4) is 0 Å². The highest BCUT2D eigenvalue weighted by molar-refractivity contribution is 6.43. The Bertz CT molecular complexity index is 164. The van der Waals surface area contributed by atoms with Gasteiger partial charge in [0.1, 0.15) is 0 Å². The monoisotopic (exact) mass is 218 g/mol. The summed E-state index contributed by atoms with van der Waals surface area (Å²) >= 11 is 0. The van der Waals surface area contributed by atoms with Crippen LogP contribution in [0.3, 0.4) is 0 Å². The Morgan fingerprint density at radius 2 is 1.20 bits per heavy atom. The van der Waals surface area contributed by atoms with Gasteiger partial charge in [-0.25, -0.2) is 0 Å². The molecule has 4 nitrogen and oxygen atoms in total. The molecule has 1 aliphatic heterocycles. The van der Waals surface area contributed by atoms with Crippen LogP contribution in [0.2, 0.25) is 13.6 Å². The molecule has 15 heavy (non-hydrogen) atoms. The second kappa shape index (κ2) is 5.89.